The quantitative estimate of drug-likeness (QED) is 0.580. The van der Waals surface area contributed by atoms with Crippen molar-refractivity contribution in [3.63, 3.8) is 0 Å². The molecule has 0 bridgehead atoms. The molecule has 1 aliphatic carbocycles. The molecule has 0 radical (unpaired) electrons. The van der Waals surface area contributed by atoms with Crippen LogP contribution in [0.3, 0.4) is 0 Å². The standard InChI is InChI=1S/C20H36O2/c21-19-17-15-13-11-9-7-5-3-1-2-4-6-8-10-12-14-16-18-20(19)22/h1,3,20,22H,2,4-18H2. The number of aliphatic hydroxyl groups excluding tert-OH is 1. The summed E-state index contributed by atoms with van der Waals surface area (Å²) in [5.74, 6) is 0.0670. The maximum atomic E-state index is 11.8. The van der Waals surface area contributed by atoms with Gasteiger partial charge in [-0.15, -0.1) is 0 Å². The number of carbonyl (C=O) groups excluding carboxylic acids is 1. The van der Waals surface area contributed by atoms with Gasteiger partial charge in [0.15, 0.2) is 5.78 Å². The molecule has 0 amide bonds. The van der Waals surface area contributed by atoms with Gasteiger partial charge >= 0.3 is 0 Å². The number of hydrogen-bond acceptors (Lipinski definition) is 2. The Morgan fingerprint density at radius 2 is 1.14 bits per heavy atom. The Hall–Kier alpha value is -0.630. The molecule has 128 valence electrons. The van der Waals surface area contributed by atoms with Crippen LogP contribution in [0, 0.1) is 0 Å². The fourth-order valence-electron chi connectivity index (χ4n) is 3.14. The molecule has 0 fully saturated rings. The average Bonchev–Trinajstić information content (AvgIpc) is 2.52. The normalized spacial score (nSPS) is 25.7. The monoisotopic (exact) mass is 308 g/mol. The maximum Gasteiger partial charge on any atom is 0.161 e. The summed E-state index contributed by atoms with van der Waals surface area (Å²) in [5, 5.41) is 9.88. The molecule has 2 heteroatoms. The van der Waals surface area contributed by atoms with Gasteiger partial charge in [0.2, 0.25) is 0 Å². The van der Waals surface area contributed by atoms with E-state index < -0.39 is 6.10 Å². The van der Waals surface area contributed by atoms with Crippen LogP contribution in [0.4, 0.5) is 0 Å². The molecule has 1 N–H and O–H groups in total. The van der Waals surface area contributed by atoms with Crippen molar-refractivity contribution in [3.05, 3.63) is 12.2 Å². The molecule has 0 aliphatic heterocycles. The molecule has 1 rings (SSSR count). The molecule has 1 aliphatic rings. The Morgan fingerprint density at radius 1 is 0.682 bits per heavy atom. The molecule has 0 heterocycles. The highest BCUT2D eigenvalue weighted by Crippen LogP contribution is 2.14. The van der Waals surface area contributed by atoms with Crippen molar-refractivity contribution < 1.29 is 9.90 Å². The number of aliphatic hydroxyl groups is 1. The van der Waals surface area contributed by atoms with Crippen LogP contribution in [0.1, 0.15) is 103 Å². The van der Waals surface area contributed by atoms with Gasteiger partial charge in [0.25, 0.3) is 0 Å². The zero-order valence-corrected chi connectivity index (χ0v) is 14.4. The van der Waals surface area contributed by atoms with Gasteiger partial charge in [0.1, 0.15) is 6.10 Å². The molecule has 22 heavy (non-hydrogen) atoms. The number of allylic oxidation sites excluding steroid dienone is 2. The van der Waals surface area contributed by atoms with E-state index in [1.165, 1.54) is 64.2 Å². The topological polar surface area (TPSA) is 37.3 Å². The van der Waals surface area contributed by atoms with Crippen LogP contribution in [-0.2, 0) is 4.79 Å². The molecular formula is C20H36O2. The number of carbonyl (C=O) groups is 1. The SMILES string of the molecule is O=C1CCCCCCCC=CCCCCCCCCCC1O. The number of ketones is 1. The van der Waals surface area contributed by atoms with E-state index in [9.17, 15) is 9.90 Å². The molecule has 1 unspecified atom stereocenters. The second-order valence-corrected chi connectivity index (χ2v) is 6.81. The zero-order chi connectivity index (χ0) is 15.9. The first-order valence-corrected chi connectivity index (χ1v) is 9.66. The summed E-state index contributed by atoms with van der Waals surface area (Å²) in [4.78, 5) is 11.8. The van der Waals surface area contributed by atoms with E-state index in [1.54, 1.807) is 0 Å². The largest absolute Gasteiger partial charge is 0.385 e. The van der Waals surface area contributed by atoms with Crippen LogP contribution in [0.2, 0.25) is 0 Å². The first-order chi connectivity index (χ1) is 10.8. The Labute approximate surface area is 137 Å². The second kappa shape index (κ2) is 14.0. The summed E-state index contributed by atoms with van der Waals surface area (Å²) in [7, 11) is 0. The highest BCUT2D eigenvalue weighted by molar-refractivity contribution is 5.82. The van der Waals surface area contributed by atoms with Crippen LogP contribution in [0.25, 0.3) is 0 Å². The third kappa shape index (κ3) is 11.0. The lowest BCUT2D eigenvalue weighted by molar-refractivity contribution is -0.127. The molecule has 0 saturated carbocycles. The summed E-state index contributed by atoms with van der Waals surface area (Å²) in [5.41, 5.74) is 0. The van der Waals surface area contributed by atoms with Crippen molar-refractivity contribution >= 4 is 5.78 Å². The highest BCUT2D eigenvalue weighted by atomic mass is 16.3. The minimum Gasteiger partial charge on any atom is -0.385 e. The van der Waals surface area contributed by atoms with Crippen LogP contribution in [-0.4, -0.2) is 17.0 Å². The van der Waals surface area contributed by atoms with E-state index >= 15 is 0 Å². The molecule has 2 nitrogen and oxygen atoms in total. The van der Waals surface area contributed by atoms with Gasteiger partial charge in [0, 0.05) is 6.42 Å². The van der Waals surface area contributed by atoms with Crippen molar-refractivity contribution in [2.75, 3.05) is 0 Å². The van der Waals surface area contributed by atoms with E-state index in [0.29, 0.717) is 12.8 Å². The van der Waals surface area contributed by atoms with Crippen molar-refractivity contribution in [2.45, 2.75) is 109 Å². The summed E-state index contributed by atoms with van der Waals surface area (Å²) in [6.45, 7) is 0. The van der Waals surface area contributed by atoms with E-state index in [0.717, 1.165) is 25.7 Å². The van der Waals surface area contributed by atoms with Gasteiger partial charge in [-0.25, -0.2) is 0 Å². The van der Waals surface area contributed by atoms with Gasteiger partial charge in [-0.2, -0.15) is 0 Å². The van der Waals surface area contributed by atoms with Gasteiger partial charge < -0.3 is 5.11 Å². The maximum absolute atomic E-state index is 11.8. The van der Waals surface area contributed by atoms with Gasteiger partial charge in [0.05, 0.1) is 0 Å². The highest BCUT2D eigenvalue weighted by Gasteiger charge is 2.13. The molecule has 0 aromatic rings. The Morgan fingerprint density at radius 3 is 1.73 bits per heavy atom. The third-order valence-corrected chi connectivity index (χ3v) is 4.68. The minimum atomic E-state index is -0.698. The predicted octanol–water partition coefficient (Wildman–Crippen LogP) is 5.73. The van der Waals surface area contributed by atoms with Crippen LogP contribution < -0.4 is 0 Å². The second-order valence-electron chi connectivity index (χ2n) is 6.81. The molecule has 0 aromatic heterocycles. The minimum absolute atomic E-state index is 0.0670. The fourth-order valence-corrected chi connectivity index (χ4v) is 3.14. The number of rotatable bonds is 0. The lowest BCUT2D eigenvalue weighted by Gasteiger charge is -2.09. The first kappa shape index (κ1) is 19.4. The summed E-state index contributed by atoms with van der Waals surface area (Å²) >= 11 is 0. The zero-order valence-electron chi connectivity index (χ0n) is 14.4. The van der Waals surface area contributed by atoms with Gasteiger partial charge in [-0.05, 0) is 38.5 Å². The summed E-state index contributed by atoms with van der Waals surface area (Å²) in [6, 6.07) is 0. The molecule has 0 spiro atoms. The molecule has 1 atom stereocenters. The van der Waals surface area contributed by atoms with Crippen LogP contribution in [0.5, 0.6) is 0 Å². The lowest BCUT2D eigenvalue weighted by Crippen LogP contribution is -2.19. The Balaban J connectivity index is 2.23. The molecule has 0 saturated heterocycles. The summed E-state index contributed by atoms with van der Waals surface area (Å²) < 4.78 is 0. The first-order valence-electron chi connectivity index (χ1n) is 9.66. The number of hydrogen-bond donors (Lipinski definition) is 1. The van der Waals surface area contributed by atoms with Crippen molar-refractivity contribution in [3.8, 4) is 0 Å². The smallest absolute Gasteiger partial charge is 0.161 e. The molecule has 0 aromatic carbocycles. The van der Waals surface area contributed by atoms with E-state index in [1.807, 2.05) is 0 Å². The fraction of sp³-hybridized carbons (Fsp3) is 0.850. The average molecular weight is 309 g/mol. The van der Waals surface area contributed by atoms with Crippen LogP contribution in [0.15, 0.2) is 12.2 Å². The Bertz CT molecular complexity index is 296. The number of Topliss-reactive ketones (excluding diaryl/α,β-unsaturated/α-hetero) is 1. The van der Waals surface area contributed by atoms with E-state index in [-0.39, 0.29) is 5.78 Å². The van der Waals surface area contributed by atoms with E-state index in [2.05, 4.69) is 12.2 Å². The summed E-state index contributed by atoms with van der Waals surface area (Å²) in [6.07, 6.45) is 22.2. The van der Waals surface area contributed by atoms with Gasteiger partial charge in [-0.3, -0.25) is 4.79 Å². The van der Waals surface area contributed by atoms with Crippen molar-refractivity contribution in [1.82, 2.24) is 0 Å². The third-order valence-electron chi connectivity index (χ3n) is 4.68. The van der Waals surface area contributed by atoms with Crippen LogP contribution >= 0.6 is 0 Å². The van der Waals surface area contributed by atoms with Crippen molar-refractivity contribution in [1.29, 1.82) is 0 Å². The van der Waals surface area contributed by atoms with Gasteiger partial charge in [-0.1, -0.05) is 69.9 Å². The van der Waals surface area contributed by atoms with Crippen molar-refractivity contribution in [2.24, 2.45) is 0 Å². The predicted molar refractivity (Wildman–Crippen MR) is 94.0 cm³/mol. The Kier molecular flexibility index (Phi) is 12.4. The molecular weight excluding hydrogens is 272 g/mol. The lowest BCUT2D eigenvalue weighted by atomic mass is 10.0. The van der Waals surface area contributed by atoms with E-state index in [4.69, 9.17) is 0 Å².